The molecule has 0 heterocycles. The lowest BCUT2D eigenvalue weighted by molar-refractivity contribution is -0.112. The molecule has 0 atom stereocenters. The van der Waals surface area contributed by atoms with Crippen LogP contribution in [-0.4, -0.2) is 17.0 Å². The number of fused-ring (bicyclic) bond motifs is 1. The first-order chi connectivity index (χ1) is 16.5. The number of benzene rings is 4. The Morgan fingerprint density at radius 1 is 0.941 bits per heavy atom. The highest BCUT2D eigenvalue weighted by Gasteiger charge is 2.15. The number of aromatic carboxylic acids is 1. The van der Waals surface area contributed by atoms with Crippen molar-refractivity contribution in [2.45, 2.75) is 6.61 Å². The minimum absolute atomic E-state index is 0.0333. The molecule has 166 valence electrons. The molecule has 4 rings (SSSR count). The van der Waals surface area contributed by atoms with Gasteiger partial charge in [0.25, 0.3) is 5.91 Å². The van der Waals surface area contributed by atoms with Gasteiger partial charge in [-0.1, -0.05) is 66.7 Å². The van der Waals surface area contributed by atoms with Gasteiger partial charge >= 0.3 is 5.97 Å². The first kappa shape index (κ1) is 22.3. The second kappa shape index (κ2) is 10.2. The number of nitriles is 1. The molecule has 0 saturated heterocycles. The summed E-state index contributed by atoms with van der Waals surface area (Å²) in [6.07, 6.45) is 1.50. The molecule has 0 aliphatic carbocycles. The van der Waals surface area contributed by atoms with Crippen molar-refractivity contribution in [1.29, 1.82) is 5.26 Å². The molecule has 0 saturated carbocycles. The molecule has 0 bridgehead atoms. The van der Waals surface area contributed by atoms with E-state index in [-0.39, 0.29) is 16.8 Å². The van der Waals surface area contributed by atoms with Crippen molar-refractivity contribution in [2.24, 2.45) is 0 Å². The molecule has 0 fully saturated rings. The fourth-order valence-corrected chi connectivity index (χ4v) is 3.51. The number of carboxylic acids is 1. The first-order valence-corrected chi connectivity index (χ1v) is 10.5. The molecule has 0 spiro atoms. The van der Waals surface area contributed by atoms with E-state index in [2.05, 4.69) is 5.32 Å². The molecule has 6 heteroatoms. The van der Waals surface area contributed by atoms with Gasteiger partial charge in [0.15, 0.2) is 0 Å². The van der Waals surface area contributed by atoms with Gasteiger partial charge in [-0.25, -0.2) is 4.79 Å². The third kappa shape index (κ3) is 5.12. The van der Waals surface area contributed by atoms with Crippen LogP contribution in [0.25, 0.3) is 16.8 Å². The molecular weight excluding hydrogens is 428 g/mol. The van der Waals surface area contributed by atoms with Crippen molar-refractivity contribution in [2.75, 3.05) is 5.32 Å². The topological polar surface area (TPSA) is 99.4 Å². The van der Waals surface area contributed by atoms with Crippen LogP contribution in [-0.2, 0) is 11.4 Å². The van der Waals surface area contributed by atoms with Gasteiger partial charge in [0.2, 0.25) is 0 Å². The summed E-state index contributed by atoms with van der Waals surface area (Å²) in [6.45, 7) is 0.329. The lowest BCUT2D eigenvalue weighted by atomic mass is 10.0. The first-order valence-electron chi connectivity index (χ1n) is 10.5. The van der Waals surface area contributed by atoms with E-state index in [4.69, 9.17) is 9.84 Å². The number of hydrogen-bond donors (Lipinski definition) is 2. The minimum Gasteiger partial charge on any atom is -0.488 e. The third-order valence-electron chi connectivity index (χ3n) is 5.19. The Balaban J connectivity index is 1.69. The van der Waals surface area contributed by atoms with E-state index in [1.165, 1.54) is 24.3 Å². The fourth-order valence-electron chi connectivity index (χ4n) is 3.51. The Kier molecular flexibility index (Phi) is 6.66. The SMILES string of the molecule is N#C/C(=C\c1c(OCc2ccccc2)ccc2ccccc12)C(=O)Nc1cccc(C(=O)O)c1. The minimum atomic E-state index is -1.11. The third-order valence-corrected chi connectivity index (χ3v) is 5.19. The van der Waals surface area contributed by atoms with Gasteiger partial charge in [0, 0.05) is 11.3 Å². The molecule has 4 aromatic rings. The molecule has 6 nitrogen and oxygen atoms in total. The van der Waals surface area contributed by atoms with Crippen molar-refractivity contribution in [1.82, 2.24) is 0 Å². The van der Waals surface area contributed by atoms with Crippen molar-refractivity contribution < 1.29 is 19.4 Å². The summed E-state index contributed by atoms with van der Waals surface area (Å²) in [7, 11) is 0. The molecule has 1 amide bonds. The van der Waals surface area contributed by atoms with Crippen LogP contribution in [0.15, 0.2) is 96.6 Å². The summed E-state index contributed by atoms with van der Waals surface area (Å²) in [6, 6.07) is 28.9. The predicted molar refractivity (Wildman–Crippen MR) is 130 cm³/mol. The van der Waals surface area contributed by atoms with E-state index >= 15 is 0 Å². The molecule has 0 radical (unpaired) electrons. The van der Waals surface area contributed by atoms with Crippen LogP contribution in [0, 0.1) is 11.3 Å². The van der Waals surface area contributed by atoms with Gasteiger partial charge in [0.05, 0.1) is 5.56 Å². The number of nitrogens with zero attached hydrogens (tertiary/aromatic N) is 1. The number of ether oxygens (including phenoxy) is 1. The molecule has 0 aromatic heterocycles. The second-order valence-electron chi connectivity index (χ2n) is 7.48. The van der Waals surface area contributed by atoms with Crippen LogP contribution in [0.3, 0.4) is 0 Å². The van der Waals surface area contributed by atoms with Gasteiger partial charge < -0.3 is 15.2 Å². The zero-order valence-electron chi connectivity index (χ0n) is 18.1. The van der Waals surface area contributed by atoms with Crippen molar-refractivity contribution in [3.63, 3.8) is 0 Å². The zero-order valence-corrected chi connectivity index (χ0v) is 18.1. The summed E-state index contributed by atoms with van der Waals surface area (Å²) in [5.41, 5.74) is 1.78. The number of amides is 1. The fraction of sp³-hybridized carbons (Fsp3) is 0.0357. The summed E-state index contributed by atoms with van der Waals surface area (Å²) in [5.74, 6) is -1.22. The molecular formula is C28H20N2O4. The summed E-state index contributed by atoms with van der Waals surface area (Å²) in [4.78, 5) is 24.1. The molecule has 2 N–H and O–H groups in total. The highest BCUT2D eigenvalue weighted by Crippen LogP contribution is 2.31. The lowest BCUT2D eigenvalue weighted by Gasteiger charge is -2.13. The van der Waals surface area contributed by atoms with Crippen molar-refractivity contribution in [3.8, 4) is 11.8 Å². The van der Waals surface area contributed by atoms with Crippen LogP contribution >= 0.6 is 0 Å². The monoisotopic (exact) mass is 448 g/mol. The number of anilines is 1. The molecule has 34 heavy (non-hydrogen) atoms. The standard InChI is InChI=1S/C28H20N2O4/c29-17-22(27(31)30-23-11-6-10-21(15-23)28(32)33)16-25-24-12-5-4-9-20(24)13-14-26(25)34-18-19-7-2-1-3-8-19/h1-16H,18H2,(H,30,31)(H,32,33)/b22-16+. The van der Waals surface area contributed by atoms with Gasteiger partial charge in [-0.2, -0.15) is 5.26 Å². The number of rotatable bonds is 7. The summed E-state index contributed by atoms with van der Waals surface area (Å²) in [5, 5.41) is 23.3. The Morgan fingerprint density at radius 3 is 2.47 bits per heavy atom. The van der Waals surface area contributed by atoms with Crippen molar-refractivity contribution in [3.05, 3.63) is 113 Å². The van der Waals surface area contributed by atoms with Gasteiger partial charge in [0.1, 0.15) is 24.0 Å². The smallest absolute Gasteiger partial charge is 0.335 e. The van der Waals surface area contributed by atoms with E-state index in [0.717, 1.165) is 16.3 Å². The number of carboxylic acid groups (broad SMARTS) is 1. The zero-order chi connectivity index (χ0) is 23.9. The van der Waals surface area contributed by atoms with Gasteiger partial charge in [-0.3, -0.25) is 4.79 Å². The number of carbonyl (C=O) groups excluding carboxylic acids is 1. The normalized spacial score (nSPS) is 11.0. The summed E-state index contributed by atoms with van der Waals surface area (Å²) < 4.78 is 6.07. The average molecular weight is 448 g/mol. The second-order valence-corrected chi connectivity index (χ2v) is 7.48. The molecule has 0 unspecified atom stereocenters. The maximum atomic E-state index is 12.9. The van der Waals surface area contributed by atoms with Crippen LogP contribution in [0.5, 0.6) is 5.75 Å². The highest BCUT2D eigenvalue weighted by molar-refractivity contribution is 6.11. The van der Waals surface area contributed by atoms with Crippen LogP contribution < -0.4 is 10.1 Å². The van der Waals surface area contributed by atoms with Gasteiger partial charge in [-0.05, 0) is 46.7 Å². The maximum absolute atomic E-state index is 12.9. The number of nitrogens with one attached hydrogen (secondary N) is 1. The molecule has 0 aliphatic heterocycles. The van der Waals surface area contributed by atoms with E-state index < -0.39 is 11.9 Å². The predicted octanol–water partition coefficient (Wildman–Crippen LogP) is 5.66. The number of carbonyl (C=O) groups is 2. The average Bonchev–Trinajstić information content (AvgIpc) is 2.87. The largest absolute Gasteiger partial charge is 0.488 e. The van der Waals surface area contributed by atoms with Gasteiger partial charge in [-0.15, -0.1) is 0 Å². The van der Waals surface area contributed by atoms with E-state index in [1.807, 2.05) is 72.8 Å². The van der Waals surface area contributed by atoms with E-state index in [0.29, 0.717) is 17.9 Å². The highest BCUT2D eigenvalue weighted by atomic mass is 16.5. The Bertz CT molecular complexity index is 1440. The Hall–Kier alpha value is -4.89. The van der Waals surface area contributed by atoms with Crippen LogP contribution in [0.4, 0.5) is 5.69 Å². The lowest BCUT2D eigenvalue weighted by Crippen LogP contribution is -2.14. The quantitative estimate of drug-likeness (QED) is 0.281. The maximum Gasteiger partial charge on any atom is 0.335 e. The Morgan fingerprint density at radius 2 is 1.71 bits per heavy atom. The van der Waals surface area contributed by atoms with Crippen LogP contribution in [0.1, 0.15) is 21.5 Å². The summed E-state index contributed by atoms with van der Waals surface area (Å²) >= 11 is 0. The van der Waals surface area contributed by atoms with E-state index in [1.54, 1.807) is 6.07 Å². The molecule has 4 aromatic carbocycles. The number of hydrogen-bond acceptors (Lipinski definition) is 4. The Labute approximate surface area is 196 Å². The molecule has 0 aliphatic rings. The van der Waals surface area contributed by atoms with Crippen molar-refractivity contribution >= 4 is 34.4 Å². The van der Waals surface area contributed by atoms with E-state index in [9.17, 15) is 14.9 Å². The van der Waals surface area contributed by atoms with Crippen LogP contribution in [0.2, 0.25) is 0 Å².